The molecule has 2 aromatic carbocycles. The second kappa shape index (κ2) is 11.9. The number of hydrogen-bond donors (Lipinski definition) is 3. The fraction of sp³-hybridized carbons (Fsp3) is 0.250. The van der Waals surface area contributed by atoms with E-state index in [1.807, 2.05) is 26.0 Å². The van der Waals surface area contributed by atoms with Gasteiger partial charge in [-0.25, -0.2) is 0 Å². The molecule has 0 aliphatic carbocycles. The molecule has 0 unspecified atom stereocenters. The second-order valence-electron chi connectivity index (χ2n) is 6.12. The monoisotopic (exact) mass is 557 g/mol. The van der Waals surface area contributed by atoms with E-state index in [4.69, 9.17) is 21.7 Å². The van der Waals surface area contributed by atoms with Crippen LogP contribution in [-0.4, -0.2) is 30.1 Å². The number of amides is 2. The van der Waals surface area contributed by atoms with Crippen LogP contribution in [0.5, 0.6) is 11.5 Å². The zero-order valence-electron chi connectivity index (χ0n) is 16.4. The van der Waals surface area contributed by atoms with Crippen LogP contribution in [0.15, 0.2) is 45.3 Å². The summed E-state index contributed by atoms with van der Waals surface area (Å²) < 4.78 is 12.7. The quantitative estimate of drug-likeness (QED) is 0.351. The molecule has 2 rings (SSSR count). The smallest absolute Gasteiger partial charge is 0.276 e. The van der Waals surface area contributed by atoms with E-state index in [1.165, 1.54) is 0 Å². The SMILES string of the molecule is CCCOc1ccccc1C(=O)NC(=S)NNC(=O)COc1c(C)cc(Br)cc1Br. The molecular weight excluding hydrogens is 538 g/mol. The number of rotatable bonds is 7. The number of benzene rings is 2. The first-order valence-electron chi connectivity index (χ1n) is 9.02. The van der Waals surface area contributed by atoms with Crippen molar-refractivity contribution in [1.82, 2.24) is 16.2 Å². The number of para-hydroxylation sites is 1. The molecule has 0 spiro atoms. The summed E-state index contributed by atoms with van der Waals surface area (Å²) in [7, 11) is 0. The highest BCUT2D eigenvalue weighted by atomic mass is 79.9. The van der Waals surface area contributed by atoms with Gasteiger partial charge in [-0.2, -0.15) is 0 Å². The predicted molar refractivity (Wildman–Crippen MR) is 126 cm³/mol. The average molecular weight is 559 g/mol. The molecule has 160 valence electrons. The normalized spacial score (nSPS) is 10.1. The van der Waals surface area contributed by atoms with Crippen molar-refractivity contribution in [2.75, 3.05) is 13.2 Å². The van der Waals surface area contributed by atoms with Crippen molar-refractivity contribution in [2.45, 2.75) is 20.3 Å². The topological polar surface area (TPSA) is 88.7 Å². The Morgan fingerprint density at radius 1 is 1.10 bits per heavy atom. The van der Waals surface area contributed by atoms with Gasteiger partial charge in [-0.3, -0.25) is 25.8 Å². The molecule has 0 radical (unpaired) electrons. The van der Waals surface area contributed by atoms with Gasteiger partial charge in [-0.05, 0) is 71.3 Å². The molecule has 0 fully saturated rings. The lowest BCUT2D eigenvalue weighted by Crippen LogP contribution is -2.49. The minimum absolute atomic E-state index is 0.0559. The Balaban J connectivity index is 1.83. The number of nitrogens with one attached hydrogen (secondary N) is 3. The van der Waals surface area contributed by atoms with Crippen LogP contribution in [0.1, 0.15) is 29.3 Å². The lowest BCUT2D eigenvalue weighted by molar-refractivity contribution is -0.123. The molecule has 0 aliphatic rings. The first kappa shape index (κ1) is 24.1. The molecular formula is C20H21Br2N3O4S. The molecule has 2 amide bonds. The van der Waals surface area contributed by atoms with Crippen LogP contribution < -0.4 is 25.6 Å². The van der Waals surface area contributed by atoms with E-state index >= 15 is 0 Å². The van der Waals surface area contributed by atoms with Crippen LogP contribution in [0.25, 0.3) is 0 Å². The highest BCUT2D eigenvalue weighted by Crippen LogP contribution is 2.32. The molecule has 0 bridgehead atoms. The first-order chi connectivity index (χ1) is 14.3. The number of halogens is 2. The Bertz CT molecular complexity index is 917. The van der Waals surface area contributed by atoms with Gasteiger partial charge >= 0.3 is 0 Å². The van der Waals surface area contributed by atoms with E-state index < -0.39 is 11.8 Å². The van der Waals surface area contributed by atoms with E-state index in [0.717, 1.165) is 20.9 Å². The van der Waals surface area contributed by atoms with E-state index in [9.17, 15) is 9.59 Å². The number of hydrazine groups is 1. The Labute approximate surface area is 197 Å². The summed E-state index contributed by atoms with van der Waals surface area (Å²) in [5.41, 5.74) is 6.08. The number of carbonyl (C=O) groups is 2. The van der Waals surface area contributed by atoms with Gasteiger partial charge in [0.2, 0.25) is 0 Å². The molecule has 0 saturated heterocycles. The zero-order valence-corrected chi connectivity index (χ0v) is 20.4. The fourth-order valence-corrected chi connectivity index (χ4v) is 4.06. The van der Waals surface area contributed by atoms with Gasteiger partial charge in [-0.15, -0.1) is 0 Å². The summed E-state index contributed by atoms with van der Waals surface area (Å²) in [5, 5.41) is 2.44. The third-order valence-corrected chi connectivity index (χ3v) is 4.93. The Hall–Kier alpha value is -2.17. The molecule has 0 saturated carbocycles. The maximum Gasteiger partial charge on any atom is 0.276 e. The van der Waals surface area contributed by atoms with Gasteiger partial charge in [0.25, 0.3) is 11.8 Å². The molecule has 30 heavy (non-hydrogen) atoms. The van der Waals surface area contributed by atoms with Crippen LogP contribution in [-0.2, 0) is 4.79 Å². The number of thiocarbonyl (C=S) groups is 1. The van der Waals surface area contributed by atoms with Gasteiger partial charge < -0.3 is 9.47 Å². The molecule has 0 atom stereocenters. The van der Waals surface area contributed by atoms with Crippen molar-refractivity contribution in [3.8, 4) is 11.5 Å². The van der Waals surface area contributed by atoms with Crippen molar-refractivity contribution in [3.63, 3.8) is 0 Å². The average Bonchev–Trinajstić information content (AvgIpc) is 2.70. The molecule has 2 aromatic rings. The van der Waals surface area contributed by atoms with Crippen molar-refractivity contribution in [3.05, 3.63) is 56.5 Å². The highest BCUT2D eigenvalue weighted by molar-refractivity contribution is 9.11. The zero-order chi connectivity index (χ0) is 22.1. The Morgan fingerprint density at radius 3 is 2.53 bits per heavy atom. The minimum atomic E-state index is -0.465. The summed E-state index contributed by atoms with van der Waals surface area (Å²) >= 11 is 11.9. The standard InChI is InChI=1S/C20H21Br2N3O4S/c1-3-8-28-16-7-5-4-6-14(16)19(27)23-20(30)25-24-17(26)11-29-18-12(2)9-13(21)10-15(18)22/h4-7,9-10H,3,8,11H2,1-2H3,(H,24,26)(H2,23,25,27,30). The second-order valence-corrected chi connectivity index (χ2v) is 8.30. The summed E-state index contributed by atoms with van der Waals surface area (Å²) in [5.74, 6) is 0.118. The van der Waals surface area contributed by atoms with E-state index in [-0.39, 0.29) is 11.7 Å². The van der Waals surface area contributed by atoms with Crippen LogP contribution in [0.3, 0.4) is 0 Å². The highest BCUT2D eigenvalue weighted by Gasteiger charge is 2.14. The minimum Gasteiger partial charge on any atom is -0.493 e. The summed E-state index contributed by atoms with van der Waals surface area (Å²) in [4.78, 5) is 24.5. The maximum absolute atomic E-state index is 12.4. The van der Waals surface area contributed by atoms with Crippen molar-refractivity contribution < 1.29 is 19.1 Å². The van der Waals surface area contributed by atoms with Crippen LogP contribution in [0.2, 0.25) is 0 Å². The summed E-state index contributed by atoms with van der Waals surface area (Å²) in [6.07, 6.45) is 0.820. The summed E-state index contributed by atoms with van der Waals surface area (Å²) in [6, 6.07) is 10.6. The van der Waals surface area contributed by atoms with Crippen molar-refractivity contribution in [2.24, 2.45) is 0 Å². The third kappa shape index (κ3) is 7.26. The Kier molecular flexibility index (Phi) is 9.54. The van der Waals surface area contributed by atoms with Gasteiger partial charge in [0.15, 0.2) is 11.7 Å². The number of hydrogen-bond acceptors (Lipinski definition) is 5. The lowest BCUT2D eigenvalue weighted by Gasteiger charge is -2.14. The molecule has 3 N–H and O–H groups in total. The van der Waals surface area contributed by atoms with Gasteiger partial charge in [-0.1, -0.05) is 35.0 Å². The predicted octanol–water partition coefficient (Wildman–Crippen LogP) is 4.02. The molecule has 7 nitrogen and oxygen atoms in total. The molecule has 0 aromatic heterocycles. The molecule has 0 aliphatic heterocycles. The fourth-order valence-electron chi connectivity index (χ4n) is 2.37. The van der Waals surface area contributed by atoms with Gasteiger partial charge in [0.1, 0.15) is 11.5 Å². The van der Waals surface area contributed by atoms with E-state index in [0.29, 0.717) is 23.7 Å². The largest absolute Gasteiger partial charge is 0.493 e. The maximum atomic E-state index is 12.4. The molecule has 0 heterocycles. The van der Waals surface area contributed by atoms with Crippen LogP contribution >= 0.6 is 44.1 Å². The van der Waals surface area contributed by atoms with Gasteiger partial charge in [0.05, 0.1) is 16.6 Å². The van der Waals surface area contributed by atoms with E-state index in [2.05, 4.69) is 48.0 Å². The van der Waals surface area contributed by atoms with Crippen molar-refractivity contribution in [1.29, 1.82) is 0 Å². The van der Waals surface area contributed by atoms with Crippen LogP contribution in [0.4, 0.5) is 0 Å². The third-order valence-electron chi connectivity index (χ3n) is 3.68. The number of ether oxygens (including phenoxy) is 2. The summed E-state index contributed by atoms with van der Waals surface area (Å²) in [6.45, 7) is 4.11. The van der Waals surface area contributed by atoms with Gasteiger partial charge in [0, 0.05) is 4.47 Å². The first-order valence-corrected chi connectivity index (χ1v) is 11.0. The van der Waals surface area contributed by atoms with Crippen molar-refractivity contribution >= 4 is 61.0 Å². The Morgan fingerprint density at radius 2 is 1.83 bits per heavy atom. The molecule has 10 heteroatoms. The number of carbonyl (C=O) groups excluding carboxylic acids is 2. The lowest BCUT2D eigenvalue weighted by atomic mass is 10.2. The van der Waals surface area contributed by atoms with Crippen LogP contribution in [0, 0.1) is 6.92 Å². The van der Waals surface area contributed by atoms with E-state index in [1.54, 1.807) is 24.3 Å². The number of aryl methyl sites for hydroxylation is 1.